The highest BCUT2D eigenvalue weighted by Gasteiger charge is 2.46. The van der Waals surface area contributed by atoms with E-state index in [1.807, 2.05) is 0 Å². The van der Waals surface area contributed by atoms with E-state index < -0.39 is 20.2 Å². The van der Waals surface area contributed by atoms with Crippen molar-refractivity contribution in [3.05, 3.63) is 0 Å². The third-order valence-corrected chi connectivity index (χ3v) is 6.80. The summed E-state index contributed by atoms with van der Waals surface area (Å²) in [7, 11) is -7.67. The van der Waals surface area contributed by atoms with Crippen LogP contribution in [0, 0.1) is 10.8 Å². The molecule has 0 spiro atoms. The molecule has 8 nitrogen and oxygen atoms in total. The van der Waals surface area contributed by atoms with Crippen LogP contribution in [0.1, 0.15) is 45.4 Å². The summed E-state index contributed by atoms with van der Waals surface area (Å²) in [4.78, 5) is 10.4. The molecule has 0 radical (unpaired) electrons. The van der Waals surface area contributed by atoms with Crippen molar-refractivity contribution in [3.8, 4) is 0 Å². The molecule has 2 aliphatic carbocycles. The molecule has 0 aromatic carbocycles. The number of hydrogen-bond donors (Lipinski definition) is 2. The van der Waals surface area contributed by atoms with Crippen molar-refractivity contribution in [3.63, 3.8) is 0 Å². The highest BCUT2D eigenvalue weighted by molar-refractivity contribution is 9.09. The molecule has 0 amide bonds. The molecule has 0 atom stereocenters. The van der Waals surface area contributed by atoms with E-state index in [0.29, 0.717) is 6.42 Å². The van der Waals surface area contributed by atoms with Crippen molar-refractivity contribution in [2.75, 3.05) is 23.4 Å². The Morgan fingerprint density at radius 2 is 1.36 bits per heavy atom. The molecule has 0 heterocycles. The summed E-state index contributed by atoms with van der Waals surface area (Å²) in [6.45, 7) is 1.53. The second-order valence-electron chi connectivity index (χ2n) is 6.98. The molecule has 0 aromatic heterocycles. The minimum atomic E-state index is -3.91. The number of carbonyl (C=O) groups excluding carboxylic acids is 1. The summed E-state index contributed by atoms with van der Waals surface area (Å²) in [5, 5.41) is 0.808. The number of hydrogen-bond acceptors (Lipinski definition) is 6. The van der Waals surface area contributed by atoms with Gasteiger partial charge in [0.2, 0.25) is 0 Å². The number of ether oxygens (including phenoxy) is 1. The van der Waals surface area contributed by atoms with Gasteiger partial charge in [-0.05, 0) is 49.4 Å². The second kappa shape index (κ2) is 8.64. The van der Waals surface area contributed by atoms with E-state index in [0.717, 1.165) is 37.4 Å². The van der Waals surface area contributed by atoms with Gasteiger partial charge in [0.25, 0.3) is 20.2 Å². The van der Waals surface area contributed by atoms with Crippen LogP contribution in [-0.4, -0.2) is 55.4 Å². The van der Waals surface area contributed by atoms with Crippen LogP contribution in [0.2, 0.25) is 0 Å². The number of alkyl halides is 1. The first-order valence-electron chi connectivity index (χ1n) is 7.90. The maximum Gasteiger partial charge on any atom is 0.302 e. The van der Waals surface area contributed by atoms with E-state index in [2.05, 4.69) is 15.9 Å². The van der Waals surface area contributed by atoms with Gasteiger partial charge in [-0.2, -0.15) is 16.8 Å². The molecule has 0 unspecified atom stereocenters. The molecular weight excluding hydrogens is 440 g/mol. The Labute approximate surface area is 157 Å². The standard InChI is InChI=1S/C8H14O5S.C6H11BrO3S/c1-7(9)13-5-4-8(2-3-8)6-14(10,11)12;7-4-3-6(1-2-6)5-11(8,9)10/h2-6H2,1H3,(H,10,11,12);1-5H2,(H,8,9,10). The summed E-state index contributed by atoms with van der Waals surface area (Å²) >= 11 is 3.26. The van der Waals surface area contributed by atoms with Crippen LogP contribution >= 0.6 is 15.9 Å². The van der Waals surface area contributed by atoms with Gasteiger partial charge in [0.05, 0.1) is 18.1 Å². The lowest BCUT2D eigenvalue weighted by atomic mass is 10.1. The molecule has 148 valence electrons. The van der Waals surface area contributed by atoms with Crippen LogP contribution in [0.4, 0.5) is 0 Å². The van der Waals surface area contributed by atoms with E-state index in [-0.39, 0.29) is 34.9 Å². The summed E-state index contributed by atoms with van der Waals surface area (Å²) in [6, 6.07) is 0. The molecule has 11 heteroatoms. The van der Waals surface area contributed by atoms with Crippen molar-refractivity contribution >= 4 is 42.1 Å². The number of halogens is 1. The fourth-order valence-electron chi connectivity index (χ4n) is 2.67. The van der Waals surface area contributed by atoms with Gasteiger partial charge in [0, 0.05) is 12.3 Å². The summed E-state index contributed by atoms with van der Waals surface area (Å²) in [5.74, 6) is -0.653. The summed E-state index contributed by atoms with van der Waals surface area (Å²) < 4.78 is 64.2. The maximum absolute atomic E-state index is 10.6. The smallest absolute Gasteiger partial charge is 0.302 e. The Balaban J connectivity index is 0.000000257. The molecule has 2 aliphatic rings. The van der Waals surface area contributed by atoms with Gasteiger partial charge in [0.15, 0.2) is 0 Å². The van der Waals surface area contributed by atoms with E-state index in [1.54, 1.807) is 0 Å². The Hall–Kier alpha value is -0.230. The van der Waals surface area contributed by atoms with Crippen LogP contribution in [0.15, 0.2) is 0 Å². The molecule has 0 aliphatic heterocycles. The Bertz CT molecular complexity index is 663. The third kappa shape index (κ3) is 10.5. The fraction of sp³-hybridized carbons (Fsp3) is 0.929. The lowest BCUT2D eigenvalue weighted by Crippen LogP contribution is -2.18. The zero-order valence-corrected chi connectivity index (χ0v) is 17.3. The van der Waals surface area contributed by atoms with Crippen molar-refractivity contribution in [1.82, 2.24) is 0 Å². The van der Waals surface area contributed by atoms with Gasteiger partial charge < -0.3 is 4.74 Å². The predicted molar refractivity (Wildman–Crippen MR) is 95.8 cm³/mol. The van der Waals surface area contributed by atoms with Gasteiger partial charge >= 0.3 is 5.97 Å². The number of rotatable bonds is 9. The number of esters is 1. The van der Waals surface area contributed by atoms with E-state index >= 15 is 0 Å². The molecule has 25 heavy (non-hydrogen) atoms. The van der Waals surface area contributed by atoms with Crippen LogP contribution < -0.4 is 0 Å². The molecule has 2 N–H and O–H groups in total. The van der Waals surface area contributed by atoms with Gasteiger partial charge in [-0.15, -0.1) is 0 Å². The quantitative estimate of drug-likeness (QED) is 0.300. The monoisotopic (exact) mass is 464 g/mol. The van der Waals surface area contributed by atoms with E-state index in [4.69, 9.17) is 13.8 Å². The normalized spacial score (nSPS) is 20.2. The molecule has 2 saturated carbocycles. The average Bonchev–Trinajstić information content (AvgIpc) is 3.27. The second-order valence-corrected chi connectivity index (χ2v) is 10.7. The molecular formula is C14H25BrO8S2. The fourth-order valence-corrected chi connectivity index (χ4v) is 5.93. The lowest BCUT2D eigenvalue weighted by molar-refractivity contribution is -0.141. The largest absolute Gasteiger partial charge is 0.466 e. The highest BCUT2D eigenvalue weighted by Crippen LogP contribution is 2.50. The Morgan fingerprint density at radius 3 is 1.64 bits per heavy atom. The molecule has 2 rings (SSSR count). The average molecular weight is 465 g/mol. The Kier molecular flexibility index (Phi) is 7.88. The SMILES string of the molecule is CC(=O)OCCC1(CS(=O)(=O)O)CC1.O=S(=O)(O)CC1(CCBr)CC1. The minimum Gasteiger partial charge on any atom is -0.466 e. The maximum atomic E-state index is 10.6. The molecule has 0 bridgehead atoms. The summed E-state index contributed by atoms with van der Waals surface area (Å²) in [6.07, 6.45) is 4.75. The van der Waals surface area contributed by atoms with Gasteiger partial charge in [-0.1, -0.05) is 15.9 Å². The first-order chi connectivity index (χ1) is 11.3. The summed E-state index contributed by atoms with van der Waals surface area (Å²) in [5.41, 5.74) is -0.444. The minimum absolute atomic E-state index is 0.0639. The van der Waals surface area contributed by atoms with E-state index in [1.165, 1.54) is 6.92 Å². The molecule has 0 saturated heterocycles. The predicted octanol–water partition coefficient (Wildman–Crippen LogP) is 2.05. The van der Waals surface area contributed by atoms with Crippen molar-refractivity contribution in [1.29, 1.82) is 0 Å². The van der Waals surface area contributed by atoms with Crippen molar-refractivity contribution in [2.24, 2.45) is 10.8 Å². The zero-order chi connectivity index (χ0) is 19.4. The first kappa shape index (κ1) is 22.8. The van der Waals surface area contributed by atoms with Gasteiger partial charge in [-0.25, -0.2) is 0 Å². The van der Waals surface area contributed by atoms with Gasteiger partial charge in [0.1, 0.15) is 0 Å². The van der Waals surface area contributed by atoms with E-state index in [9.17, 15) is 21.6 Å². The third-order valence-electron chi connectivity index (χ3n) is 4.45. The molecule has 2 fully saturated rings. The van der Waals surface area contributed by atoms with Crippen molar-refractivity contribution in [2.45, 2.75) is 45.4 Å². The van der Waals surface area contributed by atoms with Crippen LogP contribution in [-0.2, 0) is 29.8 Å². The van der Waals surface area contributed by atoms with Crippen LogP contribution in [0.3, 0.4) is 0 Å². The Morgan fingerprint density at radius 1 is 0.960 bits per heavy atom. The molecule has 0 aromatic rings. The topological polar surface area (TPSA) is 135 Å². The van der Waals surface area contributed by atoms with Crippen molar-refractivity contribution < 1.29 is 35.5 Å². The zero-order valence-electron chi connectivity index (χ0n) is 14.1. The number of carbonyl (C=O) groups is 1. The highest BCUT2D eigenvalue weighted by atomic mass is 79.9. The van der Waals surface area contributed by atoms with Crippen LogP contribution in [0.5, 0.6) is 0 Å². The van der Waals surface area contributed by atoms with Gasteiger partial charge in [-0.3, -0.25) is 13.9 Å². The first-order valence-corrected chi connectivity index (χ1v) is 12.2. The lowest BCUT2D eigenvalue weighted by Gasteiger charge is -2.12. The van der Waals surface area contributed by atoms with Crippen LogP contribution in [0.25, 0.3) is 0 Å².